The van der Waals surface area contributed by atoms with Gasteiger partial charge in [-0.25, -0.2) is 8.42 Å². The Morgan fingerprint density at radius 1 is 1.03 bits per heavy atom. The van der Waals surface area contributed by atoms with E-state index in [-0.39, 0.29) is 34.1 Å². The van der Waals surface area contributed by atoms with Gasteiger partial charge in [0, 0.05) is 18.1 Å². The van der Waals surface area contributed by atoms with Gasteiger partial charge in [0.15, 0.2) is 0 Å². The van der Waals surface area contributed by atoms with Crippen LogP contribution in [0.2, 0.25) is 10.0 Å². The van der Waals surface area contributed by atoms with Gasteiger partial charge in [-0.1, -0.05) is 66.9 Å². The second kappa shape index (κ2) is 11.9. The Hall–Kier alpha value is -2.29. The molecule has 0 saturated carbocycles. The lowest BCUT2D eigenvalue weighted by Crippen LogP contribution is -2.51. The SMILES string of the molecule is Cc1ccc(CN(C(=O)CN(c2cc(Cl)ccc2Cl)S(C)(=O)=O)[C@@H](C)C(=O)NCC(C)C)cc1. The molecule has 2 aromatic rings. The first-order chi connectivity index (χ1) is 15.8. The number of hydrogen-bond acceptors (Lipinski definition) is 4. The third kappa shape index (κ3) is 7.89. The fraction of sp³-hybridized carbons (Fsp3) is 0.417. The number of halogens is 2. The largest absolute Gasteiger partial charge is 0.354 e. The lowest BCUT2D eigenvalue weighted by molar-refractivity contribution is -0.139. The molecule has 0 spiro atoms. The summed E-state index contributed by atoms with van der Waals surface area (Å²) in [4.78, 5) is 27.7. The molecular weight excluding hydrogens is 497 g/mol. The summed E-state index contributed by atoms with van der Waals surface area (Å²) in [7, 11) is -3.89. The van der Waals surface area contributed by atoms with E-state index in [9.17, 15) is 18.0 Å². The molecule has 0 aliphatic rings. The molecule has 1 atom stereocenters. The van der Waals surface area contributed by atoms with Crippen LogP contribution in [0, 0.1) is 12.8 Å². The molecule has 186 valence electrons. The molecule has 2 aromatic carbocycles. The summed E-state index contributed by atoms with van der Waals surface area (Å²) in [5, 5.41) is 3.25. The van der Waals surface area contributed by atoms with Crippen molar-refractivity contribution < 1.29 is 18.0 Å². The predicted octanol–water partition coefficient (Wildman–Crippen LogP) is 4.26. The molecule has 34 heavy (non-hydrogen) atoms. The molecule has 0 aliphatic carbocycles. The average molecular weight is 529 g/mol. The standard InChI is InChI=1S/C24H31Cl2N3O4S/c1-16(2)13-27-24(31)18(4)28(14-19-8-6-17(3)7-9-19)23(30)15-29(34(5,32)33)22-12-20(25)10-11-21(22)26/h6-12,16,18H,13-15H2,1-5H3,(H,27,31)/t18-/m0/s1. The molecule has 0 radical (unpaired) electrons. The van der Waals surface area contributed by atoms with Crippen molar-refractivity contribution in [1.82, 2.24) is 10.2 Å². The number of aryl methyl sites for hydroxylation is 1. The molecule has 0 fully saturated rings. The first kappa shape index (κ1) is 28.0. The Morgan fingerprint density at radius 2 is 1.65 bits per heavy atom. The van der Waals surface area contributed by atoms with Crippen LogP contribution < -0.4 is 9.62 Å². The molecule has 7 nitrogen and oxygen atoms in total. The Bertz CT molecular complexity index is 1120. The monoisotopic (exact) mass is 527 g/mol. The molecule has 0 aromatic heterocycles. The third-order valence-corrected chi connectivity index (χ3v) is 6.86. The van der Waals surface area contributed by atoms with Crippen molar-refractivity contribution in [3.63, 3.8) is 0 Å². The van der Waals surface area contributed by atoms with E-state index in [0.29, 0.717) is 6.54 Å². The van der Waals surface area contributed by atoms with Crippen LogP contribution in [0.4, 0.5) is 5.69 Å². The Kier molecular flexibility index (Phi) is 9.79. The smallest absolute Gasteiger partial charge is 0.244 e. The highest BCUT2D eigenvalue weighted by molar-refractivity contribution is 7.92. The number of anilines is 1. The van der Waals surface area contributed by atoms with Gasteiger partial charge in [-0.3, -0.25) is 13.9 Å². The van der Waals surface area contributed by atoms with Crippen molar-refractivity contribution in [2.75, 3.05) is 23.7 Å². The molecule has 10 heteroatoms. The lowest BCUT2D eigenvalue weighted by atomic mass is 10.1. The maximum absolute atomic E-state index is 13.5. The van der Waals surface area contributed by atoms with Gasteiger partial charge in [0.2, 0.25) is 21.8 Å². The van der Waals surface area contributed by atoms with Crippen molar-refractivity contribution in [3.05, 3.63) is 63.6 Å². The lowest BCUT2D eigenvalue weighted by Gasteiger charge is -2.32. The fourth-order valence-electron chi connectivity index (χ4n) is 3.20. The van der Waals surface area contributed by atoms with E-state index in [0.717, 1.165) is 21.7 Å². The van der Waals surface area contributed by atoms with E-state index in [1.807, 2.05) is 45.0 Å². The highest BCUT2D eigenvalue weighted by atomic mass is 35.5. The van der Waals surface area contributed by atoms with E-state index >= 15 is 0 Å². The molecule has 0 bridgehead atoms. The normalized spacial score (nSPS) is 12.4. The van der Waals surface area contributed by atoms with E-state index in [4.69, 9.17) is 23.2 Å². The summed E-state index contributed by atoms with van der Waals surface area (Å²) in [6, 6.07) is 11.1. The molecule has 0 heterocycles. The number of nitrogens with one attached hydrogen (secondary N) is 1. The molecule has 0 unspecified atom stereocenters. The summed E-state index contributed by atoms with van der Waals surface area (Å²) in [6.07, 6.45) is 0.987. The summed E-state index contributed by atoms with van der Waals surface area (Å²) < 4.78 is 26.1. The minimum absolute atomic E-state index is 0.0946. The predicted molar refractivity (Wildman–Crippen MR) is 138 cm³/mol. The van der Waals surface area contributed by atoms with Crippen molar-refractivity contribution in [1.29, 1.82) is 0 Å². The van der Waals surface area contributed by atoms with Crippen LogP contribution in [-0.4, -0.2) is 50.5 Å². The van der Waals surface area contributed by atoms with Gasteiger partial charge >= 0.3 is 0 Å². The minimum atomic E-state index is -3.89. The maximum atomic E-state index is 13.5. The van der Waals surface area contributed by atoms with Crippen molar-refractivity contribution in [3.8, 4) is 0 Å². The number of amides is 2. The molecule has 0 saturated heterocycles. The second-order valence-corrected chi connectivity index (χ2v) is 11.4. The molecular formula is C24H31Cl2N3O4S. The molecule has 2 amide bonds. The zero-order valence-electron chi connectivity index (χ0n) is 20.0. The van der Waals surface area contributed by atoms with E-state index < -0.39 is 28.5 Å². The van der Waals surface area contributed by atoms with E-state index in [2.05, 4.69) is 5.32 Å². The number of nitrogens with zero attached hydrogens (tertiary/aromatic N) is 2. The number of carbonyl (C=O) groups is 2. The number of carbonyl (C=O) groups excluding carboxylic acids is 2. The first-order valence-corrected chi connectivity index (χ1v) is 13.5. The number of rotatable bonds is 10. The van der Waals surface area contributed by atoms with Crippen LogP contribution in [0.5, 0.6) is 0 Å². The third-order valence-electron chi connectivity index (χ3n) is 5.18. The summed E-state index contributed by atoms with van der Waals surface area (Å²) >= 11 is 12.3. The van der Waals surface area contributed by atoms with E-state index in [1.54, 1.807) is 6.92 Å². The van der Waals surface area contributed by atoms with Gasteiger partial charge in [0.1, 0.15) is 12.6 Å². The zero-order chi connectivity index (χ0) is 25.6. The zero-order valence-corrected chi connectivity index (χ0v) is 22.3. The summed E-state index contributed by atoms with van der Waals surface area (Å²) in [5.41, 5.74) is 1.97. The highest BCUT2D eigenvalue weighted by Gasteiger charge is 2.31. The topological polar surface area (TPSA) is 86.8 Å². The van der Waals surface area contributed by atoms with Crippen molar-refractivity contribution in [2.24, 2.45) is 5.92 Å². The van der Waals surface area contributed by atoms with Gasteiger partial charge in [-0.05, 0) is 43.5 Å². The van der Waals surface area contributed by atoms with Crippen molar-refractivity contribution >= 4 is 50.7 Å². The quantitative estimate of drug-likeness (QED) is 0.500. The Balaban J connectivity index is 2.40. The Morgan fingerprint density at radius 3 is 2.21 bits per heavy atom. The molecule has 0 aliphatic heterocycles. The molecule has 2 rings (SSSR count). The number of sulfonamides is 1. The summed E-state index contributed by atoms with van der Waals surface area (Å²) in [6.45, 7) is 7.58. The van der Waals surface area contributed by atoms with Gasteiger partial charge in [0.05, 0.1) is 17.0 Å². The van der Waals surface area contributed by atoms with Gasteiger partial charge < -0.3 is 10.2 Å². The average Bonchev–Trinajstić information content (AvgIpc) is 2.75. The van der Waals surface area contributed by atoms with Crippen LogP contribution in [0.3, 0.4) is 0 Å². The number of benzene rings is 2. The number of hydrogen-bond donors (Lipinski definition) is 1. The van der Waals surface area contributed by atoms with Crippen molar-refractivity contribution in [2.45, 2.75) is 40.3 Å². The van der Waals surface area contributed by atoms with Crippen LogP contribution >= 0.6 is 23.2 Å². The van der Waals surface area contributed by atoms with Crippen LogP contribution in [-0.2, 0) is 26.2 Å². The Labute approximate surface area is 212 Å². The minimum Gasteiger partial charge on any atom is -0.354 e. The maximum Gasteiger partial charge on any atom is 0.244 e. The van der Waals surface area contributed by atoms with Crippen LogP contribution in [0.25, 0.3) is 0 Å². The van der Waals surface area contributed by atoms with Crippen LogP contribution in [0.15, 0.2) is 42.5 Å². The van der Waals surface area contributed by atoms with E-state index in [1.165, 1.54) is 23.1 Å². The van der Waals surface area contributed by atoms with Gasteiger partial charge in [-0.2, -0.15) is 0 Å². The van der Waals surface area contributed by atoms with Gasteiger partial charge in [-0.15, -0.1) is 0 Å². The highest BCUT2D eigenvalue weighted by Crippen LogP contribution is 2.30. The fourth-order valence-corrected chi connectivity index (χ4v) is 4.49. The van der Waals surface area contributed by atoms with Crippen LogP contribution in [0.1, 0.15) is 31.9 Å². The first-order valence-electron chi connectivity index (χ1n) is 10.8. The van der Waals surface area contributed by atoms with Gasteiger partial charge in [0.25, 0.3) is 0 Å². The second-order valence-electron chi connectivity index (χ2n) is 8.69. The summed E-state index contributed by atoms with van der Waals surface area (Å²) in [5.74, 6) is -0.627. The molecule has 1 N–H and O–H groups in total.